The molecule has 0 bridgehead atoms. The van der Waals surface area contributed by atoms with Crippen molar-refractivity contribution in [2.75, 3.05) is 7.05 Å². The molecule has 1 aromatic heterocycles. The van der Waals surface area contributed by atoms with Crippen LogP contribution in [0.4, 0.5) is 0 Å². The normalized spacial score (nSPS) is 11.5. The number of nitrogens with two attached hydrogens (primary N) is 1. The lowest BCUT2D eigenvalue weighted by molar-refractivity contribution is 1.03. The molecule has 0 aromatic carbocycles. The Morgan fingerprint density at radius 1 is 1.90 bits per heavy atom. The van der Waals surface area contributed by atoms with Crippen LogP contribution in [0.2, 0.25) is 0 Å². The molecule has 1 aromatic rings. The van der Waals surface area contributed by atoms with Crippen molar-refractivity contribution in [2.45, 2.75) is 0 Å². The van der Waals surface area contributed by atoms with Gasteiger partial charge >= 0.3 is 0 Å². The van der Waals surface area contributed by atoms with Gasteiger partial charge in [0.2, 0.25) is 0 Å². The molecule has 0 saturated carbocycles. The van der Waals surface area contributed by atoms with Gasteiger partial charge in [-0.15, -0.1) is 0 Å². The maximum absolute atomic E-state index is 5.30. The molecule has 0 aliphatic heterocycles. The van der Waals surface area contributed by atoms with E-state index in [2.05, 4.69) is 15.5 Å². The van der Waals surface area contributed by atoms with E-state index < -0.39 is 0 Å². The van der Waals surface area contributed by atoms with E-state index in [9.17, 15) is 0 Å². The Morgan fingerprint density at radius 3 is 3.10 bits per heavy atom. The number of nitrogens with zero attached hydrogens (tertiary/aromatic N) is 1. The highest BCUT2D eigenvalue weighted by Crippen LogP contribution is 2.02. The van der Waals surface area contributed by atoms with Crippen LogP contribution in [-0.4, -0.2) is 17.2 Å². The van der Waals surface area contributed by atoms with Gasteiger partial charge in [-0.05, 0) is 6.07 Å². The van der Waals surface area contributed by atoms with Crippen molar-refractivity contribution >= 4 is 5.70 Å². The van der Waals surface area contributed by atoms with Gasteiger partial charge in [-0.3, -0.25) is 5.10 Å². The van der Waals surface area contributed by atoms with Gasteiger partial charge in [0.15, 0.2) is 0 Å². The Hall–Kier alpha value is -1.45. The van der Waals surface area contributed by atoms with Crippen molar-refractivity contribution < 1.29 is 0 Å². The fourth-order valence-electron chi connectivity index (χ4n) is 0.714. The summed E-state index contributed by atoms with van der Waals surface area (Å²) in [4.78, 5) is 0. The average Bonchev–Trinajstić information content (AvgIpc) is 2.43. The van der Waals surface area contributed by atoms with Crippen LogP contribution in [0.1, 0.15) is 5.69 Å². The third-order valence-electron chi connectivity index (χ3n) is 1.23. The first kappa shape index (κ1) is 6.67. The zero-order valence-corrected chi connectivity index (χ0v) is 5.76. The summed E-state index contributed by atoms with van der Waals surface area (Å²) >= 11 is 0. The lowest BCUT2D eigenvalue weighted by Gasteiger charge is -1.99. The quantitative estimate of drug-likeness (QED) is 0.534. The number of H-pyrrole nitrogens is 1. The first-order valence-electron chi connectivity index (χ1n) is 2.98. The van der Waals surface area contributed by atoms with Gasteiger partial charge in [0.1, 0.15) is 0 Å². The molecule has 1 heterocycles. The van der Waals surface area contributed by atoms with E-state index in [1.165, 1.54) is 6.20 Å². The zero-order chi connectivity index (χ0) is 7.40. The van der Waals surface area contributed by atoms with E-state index in [0.717, 1.165) is 11.4 Å². The minimum Gasteiger partial charge on any atom is -0.403 e. The van der Waals surface area contributed by atoms with Crippen molar-refractivity contribution in [3.8, 4) is 0 Å². The Kier molecular flexibility index (Phi) is 1.94. The molecular weight excluding hydrogens is 128 g/mol. The monoisotopic (exact) mass is 138 g/mol. The third-order valence-corrected chi connectivity index (χ3v) is 1.23. The zero-order valence-electron chi connectivity index (χ0n) is 5.76. The fourth-order valence-corrected chi connectivity index (χ4v) is 0.714. The largest absolute Gasteiger partial charge is 0.403 e. The minimum absolute atomic E-state index is 0.845. The molecule has 0 unspecified atom stereocenters. The molecular formula is C6H10N4. The van der Waals surface area contributed by atoms with E-state index in [-0.39, 0.29) is 0 Å². The van der Waals surface area contributed by atoms with Crippen molar-refractivity contribution in [1.29, 1.82) is 0 Å². The van der Waals surface area contributed by atoms with E-state index in [4.69, 9.17) is 5.73 Å². The van der Waals surface area contributed by atoms with Gasteiger partial charge in [-0.1, -0.05) is 0 Å². The van der Waals surface area contributed by atoms with Crippen LogP contribution in [0.3, 0.4) is 0 Å². The van der Waals surface area contributed by atoms with Crippen LogP contribution < -0.4 is 11.1 Å². The Balaban J connectivity index is 2.85. The summed E-state index contributed by atoms with van der Waals surface area (Å²) < 4.78 is 0. The maximum Gasteiger partial charge on any atom is 0.0823 e. The molecule has 0 fully saturated rings. The molecule has 4 nitrogen and oxygen atoms in total. The highest BCUT2D eigenvalue weighted by molar-refractivity contribution is 5.59. The molecule has 1 rings (SSSR count). The second-order valence-electron chi connectivity index (χ2n) is 1.80. The molecule has 0 saturated heterocycles. The minimum atomic E-state index is 0.845. The van der Waals surface area contributed by atoms with Gasteiger partial charge < -0.3 is 11.1 Å². The molecule has 4 N–H and O–H groups in total. The second-order valence-corrected chi connectivity index (χ2v) is 1.80. The van der Waals surface area contributed by atoms with Crippen molar-refractivity contribution in [3.05, 3.63) is 24.2 Å². The SMILES string of the molecule is CN/C(=C/N)c1ccn[nH]1. The summed E-state index contributed by atoms with van der Waals surface area (Å²) in [6.45, 7) is 0. The summed E-state index contributed by atoms with van der Waals surface area (Å²) in [7, 11) is 1.81. The van der Waals surface area contributed by atoms with Crippen LogP contribution in [0.15, 0.2) is 18.5 Å². The first-order chi connectivity index (χ1) is 4.88. The number of aromatic amines is 1. The molecule has 0 spiro atoms. The molecule has 0 amide bonds. The summed E-state index contributed by atoms with van der Waals surface area (Å²) in [5, 5.41) is 9.47. The van der Waals surface area contributed by atoms with E-state index in [1.807, 2.05) is 6.07 Å². The predicted octanol–water partition coefficient (Wildman–Crippen LogP) is -0.114. The molecule has 54 valence electrons. The Bertz CT molecular complexity index is 212. The smallest absolute Gasteiger partial charge is 0.0823 e. The maximum atomic E-state index is 5.30. The van der Waals surface area contributed by atoms with Crippen molar-refractivity contribution in [1.82, 2.24) is 15.5 Å². The Morgan fingerprint density at radius 2 is 2.70 bits per heavy atom. The first-order valence-corrected chi connectivity index (χ1v) is 2.98. The van der Waals surface area contributed by atoms with Crippen molar-refractivity contribution in [3.63, 3.8) is 0 Å². The van der Waals surface area contributed by atoms with Crippen molar-refractivity contribution in [2.24, 2.45) is 5.73 Å². The lowest BCUT2D eigenvalue weighted by Crippen LogP contribution is -2.06. The van der Waals surface area contributed by atoms with Crippen LogP contribution in [0, 0.1) is 0 Å². The molecule has 0 atom stereocenters. The van der Waals surface area contributed by atoms with E-state index in [1.54, 1.807) is 13.2 Å². The molecule has 0 aliphatic carbocycles. The number of nitrogens with one attached hydrogen (secondary N) is 2. The summed E-state index contributed by atoms with van der Waals surface area (Å²) in [6, 6.07) is 1.84. The van der Waals surface area contributed by atoms with Crippen LogP contribution in [-0.2, 0) is 0 Å². The van der Waals surface area contributed by atoms with Gasteiger partial charge in [-0.25, -0.2) is 0 Å². The second kappa shape index (κ2) is 2.91. The molecule has 4 heteroatoms. The fraction of sp³-hybridized carbons (Fsp3) is 0.167. The Labute approximate surface area is 59.1 Å². The lowest BCUT2D eigenvalue weighted by atomic mass is 10.3. The third kappa shape index (κ3) is 1.10. The number of aromatic nitrogens is 2. The van der Waals surface area contributed by atoms with Gasteiger partial charge in [0.05, 0.1) is 11.4 Å². The number of hydrogen-bond donors (Lipinski definition) is 3. The molecule has 0 aliphatic rings. The topological polar surface area (TPSA) is 66.7 Å². The summed E-state index contributed by atoms with van der Waals surface area (Å²) in [5.41, 5.74) is 7.04. The van der Waals surface area contributed by atoms with Crippen LogP contribution >= 0.6 is 0 Å². The standard InChI is InChI=1S/C6H10N4/c1-8-6(4-7)5-2-3-9-10-5/h2-4,8H,7H2,1H3,(H,9,10)/b6-4+. The number of rotatable bonds is 2. The summed E-state index contributed by atoms with van der Waals surface area (Å²) in [6.07, 6.45) is 3.17. The van der Waals surface area contributed by atoms with Gasteiger partial charge in [0, 0.05) is 19.4 Å². The number of hydrogen-bond acceptors (Lipinski definition) is 3. The average molecular weight is 138 g/mol. The molecule has 10 heavy (non-hydrogen) atoms. The van der Waals surface area contributed by atoms with Crippen LogP contribution in [0.25, 0.3) is 5.70 Å². The van der Waals surface area contributed by atoms with E-state index >= 15 is 0 Å². The highest BCUT2D eigenvalue weighted by Gasteiger charge is 1.96. The van der Waals surface area contributed by atoms with Crippen LogP contribution in [0.5, 0.6) is 0 Å². The van der Waals surface area contributed by atoms with Gasteiger partial charge in [0.25, 0.3) is 0 Å². The van der Waals surface area contributed by atoms with E-state index in [0.29, 0.717) is 0 Å². The predicted molar refractivity (Wildman–Crippen MR) is 39.8 cm³/mol. The summed E-state index contributed by atoms with van der Waals surface area (Å²) in [5.74, 6) is 0. The van der Waals surface area contributed by atoms with Gasteiger partial charge in [-0.2, -0.15) is 5.10 Å². The highest BCUT2D eigenvalue weighted by atomic mass is 15.1. The molecule has 0 radical (unpaired) electrons.